The molecule has 0 atom stereocenters. The van der Waals surface area contributed by atoms with Gasteiger partial charge in [-0.1, -0.05) is 115 Å². The molecule has 2 aromatic heterocycles. The van der Waals surface area contributed by atoms with Gasteiger partial charge in [-0.05, 0) is 94.5 Å². The lowest BCUT2D eigenvalue weighted by Gasteiger charge is -2.20. The molecule has 8 aromatic carbocycles. The van der Waals surface area contributed by atoms with E-state index in [9.17, 15) is 10.5 Å². The second-order valence-electron chi connectivity index (χ2n) is 13.6. The van der Waals surface area contributed by atoms with Gasteiger partial charge in [0.15, 0.2) is 0 Å². The molecule has 0 N–H and O–H groups in total. The van der Waals surface area contributed by atoms with Crippen LogP contribution in [0.1, 0.15) is 11.1 Å². The van der Waals surface area contributed by atoms with Crippen molar-refractivity contribution >= 4 is 43.6 Å². The third-order valence-corrected chi connectivity index (χ3v) is 10.5. The van der Waals surface area contributed by atoms with Crippen molar-refractivity contribution in [3.63, 3.8) is 0 Å². The lowest BCUT2D eigenvalue weighted by Crippen LogP contribution is -2.00. The van der Waals surface area contributed by atoms with E-state index in [2.05, 4.69) is 161 Å². The Hall–Kier alpha value is -7.66. The fourth-order valence-corrected chi connectivity index (χ4v) is 8.19. The van der Waals surface area contributed by atoms with E-state index in [1.807, 2.05) is 36.4 Å². The molecule has 0 aliphatic carbocycles. The minimum absolute atomic E-state index is 0.454. The molecule has 54 heavy (non-hydrogen) atoms. The van der Waals surface area contributed by atoms with E-state index in [4.69, 9.17) is 0 Å². The standard InChI is InChI=1S/C50H30N4/c51-31-33-25-34(32-52)27-37(26-33)42-29-44(36-15-5-2-6-16-36)50(30-43(42)35-13-3-1-4-14-35)54-48-22-12-9-19-41(48)45-28-38(23-24-49(45)54)53-46-20-10-7-17-39(46)40-18-8-11-21-47(40)53/h1-30H. The van der Waals surface area contributed by atoms with Gasteiger partial charge < -0.3 is 9.13 Å². The number of hydrogen-bond acceptors (Lipinski definition) is 2. The molecule has 0 aliphatic heterocycles. The van der Waals surface area contributed by atoms with Crippen LogP contribution in [0.25, 0.3) is 88.4 Å². The highest BCUT2D eigenvalue weighted by atomic mass is 15.0. The van der Waals surface area contributed by atoms with Crippen LogP contribution >= 0.6 is 0 Å². The molecule has 0 saturated carbocycles. The number of nitriles is 2. The molecule has 4 nitrogen and oxygen atoms in total. The van der Waals surface area contributed by atoms with Crippen molar-refractivity contribution in [1.29, 1.82) is 10.5 Å². The number of rotatable bonds is 5. The largest absolute Gasteiger partial charge is 0.309 e. The first-order valence-corrected chi connectivity index (χ1v) is 18.0. The maximum absolute atomic E-state index is 9.94. The van der Waals surface area contributed by atoms with Crippen LogP contribution < -0.4 is 0 Å². The van der Waals surface area contributed by atoms with Crippen molar-refractivity contribution in [2.24, 2.45) is 0 Å². The molecule has 2 heterocycles. The molecule has 0 bridgehead atoms. The Bertz CT molecular complexity index is 3090. The highest BCUT2D eigenvalue weighted by Gasteiger charge is 2.21. The topological polar surface area (TPSA) is 57.4 Å². The quantitative estimate of drug-likeness (QED) is 0.181. The van der Waals surface area contributed by atoms with Gasteiger partial charge in [0.05, 0.1) is 51.0 Å². The van der Waals surface area contributed by atoms with Crippen LogP contribution in [0.5, 0.6) is 0 Å². The molecular formula is C50H30N4. The van der Waals surface area contributed by atoms with Gasteiger partial charge in [-0.2, -0.15) is 10.5 Å². The van der Waals surface area contributed by atoms with Crippen molar-refractivity contribution in [2.45, 2.75) is 0 Å². The Kier molecular flexibility index (Phi) is 7.22. The summed E-state index contributed by atoms with van der Waals surface area (Å²) in [5.41, 5.74) is 13.6. The first-order chi connectivity index (χ1) is 26.7. The molecule has 250 valence electrons. The van der Waals surface area contributed by atoms with E-state index in [0.29, 0.717) is 11.1 Å². The summed E-state index contributed by atoms with van der Waals surface area (Å²) in [5, 5.41) is 24.7. The average Bonchev–Trinajstić information content (AvgIpc) is 3.76. The van der Waals surface area contributed by atoms with Crippen LogP contribution in [-0.4, -0.2) is 9.13 Å². The summed E-state index contributed by atoms with van der Waals surface area (Å²) in [7, 11) is 0. The third-order valence-electron chi connectivity index (χ3n) is 10.5. The van der Waals surface area contributed by atoms with E-state index in [-0.39, 0.29) is 0 Å². The number of para-hydroxylation sites is 3. The Morgan fingerprint density at radius 3 is 1.37 bits per heavy atom. The molecule has 10 rings (SSSR count). The second-order valence-corrected chi connectivity index (χ2v) is 13.6. The summed E-state index contributed by atoms with van der Waals surface area (Å²) in [4.78, 5) is 0. The maximum atomic E-state index is 9.94. The number of fused-ring (bicyclic) bond motifs is 6. The summed E-state index contributed by atoms with van der Waals surface area (Å²) in [6, 6.07) is 68.0. The zero-order valence-electron chi connectivity index (χ0n) is 29.1. The minimum atomic E-state index is 0.454. The van der Waals surface area contributed by atoms with E-state index >= 15 is 0 Å². The second kappa shape index (κ2) is 12.5. The van der Waals surface area contributed by atoms with Gasteiger partial charge in [0.25, 0.3) is 0 Å². The van der Waals surface area contributed by atoms with E-state index in [1.54, 1.807) is 6.07 Å². The zero-order valence-corrected chi connectivity index (χ0v) is 29.1. The van der Waals surface area contributed by atoms with Crippen molar-refractivity contribution < 1.29 is 0 Å². The average molecular weight is 687 g/mol. The van der Waals surface area contributed by atoms with Crippen LogP contribution in [0.2, 0.25) is 0 Å². The summed E-state index contributed by atoms with van der Waals surface area (Å²) >= 11 is 0. The lowest BCUT2D eigenvalue weighted by atomic mass is 9.88. The molecule has 0 aliphatic rings. The SMILES string of the molecule is N#Cc1cc(C#N)cc(-c2cc(-c3ccccc3)c(-n3c4ccccc4c4cc(-n5c6ccccc6c6ccccc65)ccc43)cc2-c2ccccc2)c1. The molecule has 0 radical (unpaired) electrons. The molecule has 10 aromatic rings. The van der Waals surface area contributed by atoms with Gasteiger partial charge in [0.1, 0.15) is 0 Å². The first kappa shape index (κ1) is 31.1. The fraction of sp³-hybridized carbons (Fsp3) is 0. The minimum Gasteiger partial charge on any atom is -0.309 e. The highest BCUT2D eigenvalue weighted by Crippen LogP contribution is 2.44. The molecular weight excluding hydrogens is 657 g/mol. The van der Waals surface area contributed by atoms with Crippen LogP contribution in [0, 0.1) is 22.7 Å². The fourth-order valence-electron chi connectivity index (χ4n) is 8.19. The maximum Gasteiger partial charge on any atom is 0.0992 e. The third kappa shape index (κ3) is 4.90. The van der Waals surface area contributed by atoms with Gasteiger partial charge in [-0.15, -0.1) is 0 Å². The predicted molar refractivity (Wildman–Crippen MR) is 221 cm³/mol. The van der Waals surface area contributed by atoms with Crippen molar-refractivity contribution in [1.82, 2.24) is 9.13 Å². The Labute approximate surface area is 312 Å². The van der Waals surface area contributed by atoms with Crippen molar-refractivity contribution in [3.05, 3.63) is 193 Å². The molecule has 0 unspecified atom stereocenters. The zero-order chi connectivity index (χ0) is 36.2. The molecule has 4 heteroatoms. The molecule has 0 saturated heterocycles. The van der Waals surface area contributed by atoms with Crippen LogP contribution in [-0.2, 0) is 0 Å². The molecule has 0 spiro atoms. The highest BCUT2D eigenvalue weighted by molar-refractivity contribution is 6.13. The van der Waals surface area contributed by atoms with Crippen molar-refractivity contribution in [2.75, 3.05) is 0 Å². The van der Waals surface area contributed by atoms with Gasteiger partial charge in [0.2, 0.25) is 0 Å². The Morgan fingerprint density at radius 2 is 0.796 bits per heavy atom. The van der Waals surface area contributed by atoms with Crippen LogP contribution in [0.3, 0.4) is 0 Å². The Morgan fingerprint density at radius 1 is 0.333 bits per heavy atom. The summed E-state index contributed by atoms with van der Waals surface area (Å²) in [5.74, 6) is 0. The first-order valence-electron chi connectivity index (χ1n) is 18.0. The Balaban J connectivity index is 1.30. The number of nitrogens with zero attached hydrogens (tertiary/aromatic N) is 4. The molecule has 0 amide bonds. The van der Waals surface area contributed by atoms with Crippen LogP contribution in [0.4, 0.5) is 0 Å². The normalized spacial score (nSPS) is 11.3. The number of hydrogen-bond donors (Lipinski definition) is 0. The summed E-state index contributed by atoms with van der Waals surface area (Å²) in [6.07, 6.45) is 0. The van der Waals surface area contributed by atoms with E-state index < -0.39 is 0 Å². The number of aromatic nitrogens is 2. The van der Waals surface area contributed by atoms with E-state index in [1.165, 1.54) is 27.2 Å². The monoisotopic (exact) mass is 686 g/mol. The smallest absolute Gasteiger partial charge is 0.0992 e. The van der Waals surface area contributed by atoms with Crippen molar-refractivity contribution in [3.8, 4) is 56.9 Å². The van der Waals surface area contributed by atoms with E-state index in [0.717, 1.165) is 61.2 Å². The lowest BCUT2D eigenvalue weighted by molar-refractivity contribution is 1.17. The summed E-state index contributed by atoms with van der Waals surface area (Å²) < 4.78 is 4.77. The summed E-state index contributed by atoms with van der Waals surface area (Å²) in [6.45, 7) is 0. The van der Waals surface area contributed by atoms with Gasteiger partial charge in [0, 0.05) is 32.8 Å². The van der Waals surface area contributed by atoms with Crippen LogP contribution in [0.15, 0.2) is 182 Å². The van der Waals surface area contributed by atoms with Gasteiger partial charge in [-0.3, -0.25) is 0 Å². The van der Waals surface area contributed by atoms with Gasteiger partial charge in [-0.25, -0.2) is 0 Å². The number of benzene rings is 8. The predicted octanol–water partition coefficient (Wildman–Crippen LogP) is 12.6. The molecule has 0 fully saturated rings. The van der Waals surface area contributed by atoms with Gasteiger partial charge >= 0.3 is 0 Å².